The third-order valence-corrected chi connectivity index (χ3v) is 4.73. The topological polar surface area (TPSA) is 49.6 Å². The number of nitrogens with two attached hydrogens (primary N) is 1. The van der Waals surface area contributed by atoms with Crippen LogP contribution in [0.4, 0.5) is 0 Å². The van der Waals surface area contributed by atoms with E-state index in [4.69, 9.17) is 5.73 Å². The highest BCUT2D eigenvalue weighted by Gasteiger charge is 2.30. The fourth-order valence-electron chi connectivity index (χ4n) is 2.65. The maximum atomic E-state index is 12.6. The summed E-state index contributed by atoms with van der Waals surface area (Å²) in [6.45, 7) is 4.95. The number of nitrogens with zero attached hydrogens (tertiary/aromatic N) is 2. The first-order valence-corrected chi connectivity index (χ1v) is 7.79. The molecule has 0 bridgehead atoms. The number of amides is 1. The molecule has 1 aromatic heterocycles. The molecule has 0 spiro atoms. The van der Waals surface area contributed by atoms with Gasteiger partial charge in [0.25, 0.3) is 0 Å². The minimum absolute atomic E-state index is 0.0737. The standard InChI is InChI=1S/C14H23N3OS/c1-3-11-10-16(2)7-5-8-17(11)14(18)13(15)12-6-4-9-19-12/h4,6,9,11,13H,3,5,7-8,10,15H2,1-2H3. The number of hydrogen-bond donors (Lipinski definition) is 1. The largest absolute Gasteiger partial charge is 0.337 e. The summed E-state index contributed by atoms with van der Waals surface area (Å²) in [4.78, 5) is 17.9. The molecule has 0 radical (unpaired) electrons. The van der Waals surface area contributed by atoms with E-state index in [0.717, 1.165) is 37.4 Å². The third kappa shape index (κ3) is 3.35. The first-order chi connectivity index (χ1) is 9.13. The molecule has 4 nitrogen and oxygen atoms in total. The lowest BCUT2D eigenvalue weighted by atomic mass is 10.1. The SMILES string of the molecule is CCC1CN(C)CCCN1C(=O)C(N)c1cccs1. The van der Waals surface area contributed by atoms with Crippen LogP contribution in [0, 0.1) is 0 Å². The molecule has 1 fully saturated rings. The first-order valence-electron chi connectivity index (χ1n) is 6.91. The van der Waals surface area contributed by atoms with Crippen molar-refractivity contribution in [2.24, 2.45) is 5.73 Å². The second kappa shape index (κ2) is 6.50. The van der Waals surface area contributed by atoms with Crippen molar-refractivity contribution in [2.75, 3.05) is 26.7 Å². The summed E-state index contributed by atoms with van der Waals surface area (Å²) in [5.74, 6) is 0.0737. The van der Waals surface area contributed by atoms with Gasteiger partial charge in [-0.15, -0.1) is 11.3 Å². The quantitative estimate of drug-likeness (QED) is 0.917. The molecule has 0 aromatic carbocycles. The van der Waals surface area contributed by atoms with Crippen molar-refractivity contribution in [2.45, 2.75) is 31.8 Å². The van der Waals surface area contributed by atoms with Crippen LogP contribution in [-0.4, -0.2) is 48.4 Å². The second-order valence-electron chi connectivity index (χ2n) is 5.20. The lowest BCUT2D eigenvalue weighted by Gasteiger charge is -2.32. The Bertz CT molecular complexity index is 407. The molecule has 2 N–H and O–H groups in total. The maximum absolute atomic E-state index is 12.6. The van der Waals surface area contributed by atoms with Gasteiger partial charge in [0, 0.05) is 24.0 Å². The van der Waals surface area contributed by atoms with Crippen molar-refractivity contribution in [1.82, 2.24) is 9.80 Å². The van der Waals surface area contributed by atoms with Crippen molar-refractivity contribution >= 4 is 17.2 Å². The molecule has 1 aliphatic rings. The third-order valence-electron chi connectivity index (χ3n) is 3.77. The minimum atomic E-state index is -0.502. The summed E-state index contributed by atoms with van der Waals surface area (Å²) in [6.07, 6.45) is 2.00. The van der Waals surface area contributed by atoms with Gasteiger partial charge in [0.2, 0.25) is 5.91 Å². The summed E-state index contributed by atoms with van der Waals surface area (Å²) in [5, 5.41) is 1.97. The van der Waals surface area contributed by atoms with E-state index >= 15 is 0 Å². The normalized spacial score (nSPS) is 23.1. The molecule has 0 aliphatic carbocycles. The number of carbonyl (C=O) groups excluding carboxylic acids is 1. The van der Waals surface area contributed by atoms with Crippen molar-refractivity contribution in [1.29, 1.82) is 0 Å². The summed E-state index contributed by atoms with van der Waals surface area (Å²) < 4.78 is 0. The van der Waals surface area contributed by atoms with E-state index in [9.17, 15) is 4.79 Å². The minimum Gasteiger partial charge on any atom is -0.337 e. The number of carbonyl (C=O) groups is 1. The van der Waals surface area contributed by atoms with Gasteiger partial charge in [-0.25, -0.2) is 0 Å². The van der Waals surface area contributed by atoms with Crippen LogP contribution in [0.15, 0.2) is 17.5 Å². The van der Waals surface area contributed by atoms with Gasteiger partial charge in [-0.2, -0.15) is 0 Å². The number of likely N-dealkylation sites (N-methyl/N-ethyl adjacent to an activating group) is 1. The summed E-state index contributed by atoms with van der Waals surface area (Å²) in [6, 6.07) is 3.67. The van der Waals surface area contributed by atoms with Gasteiger partial charge in [0.1, 0.15) is 6.04 Å². The van der Waals surface area contributed by atoms with Gasteiger partial charge in [0.05, 0.1) is 0 Å². The molecular weight excluding hydrogens is 258 g/mol. The molecule has 1 saturated heterocycles. The van der Waals surface area contributed by atoms with Gasteiger partial charge in [-0.3, -0.25) is 4.79 Å². The molecule has 2 heterocycles. The van der Waals surface area contributed by atoms with Crippen molar-refractivity contribution < 1.29 is 4.79 Å². The monoisotopic (exact) mass is 281 g/mol. The zero-order valence-corrected chi connectivity index (χ0v) is 12.5. The maximum Gasteiger partial charge on any atom is 0.245 e. The summed E-state index contributed by atoms with van der Waals surface area (Å²) >= 11 is 1.56. The molecule has 2 rings (SSSR count). The van der Waals surface area contributed by atoms with Crippen LogP contribution in [-0.2, 0) is 4.79 Å². The van der Waals surface area contributed by atoms with E-state index in [0.29, 0.717) is 0 Å². The van der Waals surface area contributed by atoms with Crippen LogP contribution >= 0.6 is 11.3 Å². The molecule has 1 aromatic rings. The van der Waals surface area contributed by atoms with E-state index in [-0.39, 0.29) is 11.9 Å². The van der Waals surface area contributed by atoms with Gasteiger partial charge in [-0.05, 0) is 37.9 Å². The molecule has 5 heteroatoms. The fourth-order valence-corrected chi connectivity index (χ4v) is 3.37. The van der Waals surface area contributed by atoms with Crippen molar-refractivity contribution in [3.8, 4) is 0 Å². The first kappa shape index (κ1) is 14.5. The number of rotatable bonds is 3. The van der Waals surface area contributed by atoms with Gasteiger partial charge >= 0.3 is 0 Å². The molecule has 1 aliphatic heterocycles. The lowest BCUT2D eigenvalue weighted by Crippen LogP contribution is -2.47. The Morgan fingerprint density at radius 1 is 1.58 bits per heavy atom. The van der Waals surface area contributed by atoms with Crippen LogP contribution in [0.25, 0.3) is 0 Å². The van der Waals surface area contributed by atoms with E-state index in [1.54, 1.807) is 11.3 Å². The summed E-state index contributed by atoms with van der Waals surface area (Å²) in [7, 11) is 2.12. The Balaban J connectivity index is 2.11. The van der Waals surface area contributed by atoms with E-state index < -0.39 is 6.04 Å². The van der Waals surface area contributed by atoms with Crippen molar-refractivity contribution in [3.05, 3.63) is 22.4 Å². The average Bonchev–Trinajstić information content (AvgIpc) is 2.87. The molecule has 0 saturated carbocycles. The van der Waals surface area contributed by atoms with Crippen LogP contribution in [0.1, 0.15) is 30.7 Å². The predicted molar refractivity (Wildman–Crippen MR) is 79.2 cm³/mol. The Morgan fingerprint density at radius 2 is 2.37 bits per heavy atom. The van der Waals surface area contributed by atoms with Crippen LogP contribution in [0.5, 0.6) is 0 Å². The average molecular weight is 281 g/mol. The van der Waals surface area contributed by atoms with Gasteiger partial charge in [-0.1, -0.05) is 13.0 Å². The highest BCUT2D eigenvalue weighted by atomic mass is 32.1. The lowest BCUT2D eigenvalue weighted by molar-refractivity contribution is -0.135. The predicted octanol–water partition coefficient (Wildman–Crippen LogP) is 1.69. The Hall–Kier alpha value is -0.910. The van der Waals surface area contributed by atoms with Gasteiger partial charge < -0.3 is 15.5 Å². The molecular formula is C14H23N3OS. The van der Waals surface area contributed by atoms with Crippen LogP contribution in [0.2, 0.25) is 0 Å². The van der Waals surface area contributed by atoms with Gasteiger partial charge in [0.15, 0.2) is 0 Å². The Kier molecular flexibility index (Phi) is 4.96. The number of thiophene rings is 1. The Morgan fingerprint density at radius 3 is 3.00 bits per heavy atom. The molecule has 2 unspecified atom stereocenters. The molecule has 1 amide bonds. The smallest absolute Gasteiger partial charge is 0.245 e. The van der Waals surface area contributed by atoms with Crippen LogP contribution in [0.3, 0.4) is 0 Å². The zero-order valence-electron chi connectivity index (χ0n) is 11.7. The molecule has 2 atom stereocenters. The van der Waals surface area contributed by atoms with Crippen molar-refractivity contribution in [3.63, 3.8) is 0 Å². The Labute approximate surface area is 119 Å². The summed E-state index contributed by atoms with van der Waals surface area (Å²) in [5.41, 5.74) is 6.12. The highest BCUT2D eigenvalue weighted by Crippen LogP contribution is 2.22. The highest BCUT2D eigenvalue weighted by molar-refractivity contribution is 7.10. The fraction of sp³-hybridized carbons (Fsp3) is 0.643. The van der Waals surface area contributed by atoms with E-state index in [1.165, 1.54) is 0 Å². The molecule has 19 heavy (non-hydrogen) atoms. The number of hydrogen-bond acceptors (Lipinski definition) is 4. The second-order valence-corrected chi connectivity index (χ2v) is 6.18. The molecule has 106 valence electrons. The van der Waals surface area contributed by atoms with Crippen LogP contribution < -0.4 is 5.73 Å². The zero-order chi connectivity index (χ0) is 13.8. The van der Waals surface area contributed by atoms with E-state index in [2.05, 4.69) is 18.9 Å². The van der Waals surface area contributed by atoms with E-state index in [1.807, 2.05) is 22.4 Å².